The third-order valence-corrected chi connectivity index (χ3v) is 3.54. The van der Waals surface area contributed by atoms with Gasteiger partial charge in [0.2, 0.25) is 0 Å². The highest BCUT2D eigenvalue weighted by molar-refractivity contribution is 9.10. The van der Waals surface area contributed by atoms with E-state index in [-0.39, 0.29) is 12.4 Å². The van der Waals surface area contributed by atoms with Crippen molar-refractivity contribution >= 4 is 33.5 Å². The van der Waals surface area contributed by atoms with Crippen LogP contribution in [0.1, 0.15) is 44.3 Å². The van der Waals surface area contributed by atoms with Crippen molar-refractivity contribution in [3.8, 4) is 0 Å². The molecule has 0 fully saturated rings. The predicted octanol–water partition coefficient (Wildman–Crippen LogP) is 4.26. The van der Waals surface area contributed by atoms with Crippen molar-refractivity contribution in [1.29, 1.82) is 0 Å². The Morgan fingerprint density at radius 1 is 1.53 bits per heavy atom. The molecular weight excluding hydrogens is 332 g/mol. The molecule has 19 heavy (non-hydrogen) atoms. The summed E-state index contributed by atoms with van der Waals surface area (Å²) in [7, 11) is 0. The van der Waals surface area contributed by atoms with Gasteiger partial charge in [-0.15, -0.1) is 0 Å². The van der Waals surface area contributed by atoms with Gasteiger partial charge in [-0.3, -0.25) is 4.79 Å². The minimum absolute atomic E-state index is 0.188. The molecule has 0 spiro atoms. The van der Waals surface area contributed by atoms with Gasteiger partial charge in [0.25, 0.3) is 0 Å². The van der Waals surface area contributed by atoms with Crippen LogP contribution in [0.15, 0.2) is 22.7 Å². The van der Waals surface area contributed by atoms with Gasteiger partial charge in [0.1, 0.15) is 0 Å². The predicted molar refractivity (Wildman–Crippen MR) is 79.2 cm³/mol. The lowest BCUT2D eigenvalue weighted by atomic mass is 10.1. The number of benzene rings is 1. The van der Waals surface area contributed by atoms with Crippen LogP contribution in [0, 0.1) is 0 Å². The third kappa shape index (κ3) is 5.93. The average molecular weight is 350 g/mol. The molecule has 1 N–H and O–H groups in total. The first kappa shape index (κ1) is 16.5. The molecule has 1 aromatic rings. The maximum absolute atomic E-state index is 11.4. The van der Waals surface area contributed by atoms with Gasteiger partial charge >= 0.3 is 5.97 Å². The van der Waals surface area contributed by atoms with Crippen molar-refractivity contribution in [2.45, 2.75) is 38.7 Å². The molecule has 1 aromatic carbocycles. The molecule has 0 saturated carbocycles. The second kappa shape index (κ2) is 8.56. The summed E-state index contributed by atoms with van der Waals surface area (Å²) in [6, 6.07) is 5.27. The molecule has 1 atom stereocenters. The van der Waals surface area contributed by atoms with Crippen LogP contribution in [0.2, 0.25) is 5.02 Å². The minimum atomic E-state index is -0.760. The molecular formula is C14H18BrClO3. The van der Waals surface area contributed by atoms with Crippen LogP contribution in [-0.2, 0) is 9.53 Å². The average Bonchev–Trinajstić information content (AvgIpc) is 2.39. The van der Waals surface area contributed by atoms with E-state index in [1.807, 2.05) is 6.92 Å². The highest BCUT2D eigenvalue weighted by Gasteiger charge is 2.14. The summed E-state index contributed by atoms with van der Waals surface area (Å²) in [6.07, 6.45) is 1.59. The van der Waals surface area contributed by atoms with E-state index < -0.39 is 6.10 Å². The second-order valence-corrected chi connectivity index (χ2v) is 5.62. The van der Waals surface area contributed by atoms with E-state index in [4.69, 9.17) is 16.3 Å². The number of unbranched alkanes of at least 4 members (excludes halogenated alkanes) is 1. The van der Waals surface area contributed by atoms with Gasteiger partial charge in [-0.25, -0.2) is 0 Å². The Kier molecular flexibility index (Phi) is 7.42. The normalized spacial score (nSPS) is 12.2. The van der Waals surface area contributed by atoms with E-state index in [0.29, 0.717) is 23.6 Å². The Bertz CT molecular complexity index is 423. The van der Waals surface area contributed by atoms with E-state index in [2.05, 4.69) is 15.9 Å². The Labute approximate surface area is 127 Å². The molecule has 0 aliphatic carbocycles. The summed E-state index contributed by atoms with van der Waals surface area (Å²) >= 11 is 9.34. The molecule has 5 heteroatoms. The summed E-state index contributed by atoms with van der Waals surface area (Å²) in [4.78, 5) is 11.4. The first-order chi connectivity index (χ1) is 9.04. The summed E-state index contributed by atoms with van der Waals surface area (Å²) in [5.74, 6) is -0.279. The van der Waals surface area contributed by atoms with Gasteiger partial charge in [-0.05, 0) is 31.0 Å². The van der Waals surface area contributed by atoms with Crippen molar-refractivity contribution in [2.75, 3.05) is 6.61 Å². The highest BCUT2D eigenvalue weighted by atomic mass is 79.9. The SMILES string of the molecule is CCCCOC(=O)CCC(O)c1cc(Br)ccc1Cl. The summed E-state index contributed by atoms with van der Waals surface area (Å²) < 4.78 is 5.87. The fourth-order valence-electron chi connectivity index (χ4n) is 1.58. The molecule has 0 heterocycles. The molecule has 0 amide bonds. The van der Waals surface area contributed by atoms with Crippen LogP contribution >= 0.6 is 27.5 Å². The number of esters is 1. The van der Waals surface area contributed by atoms with Crippen molar-refractivity contribution in [1.82, 2.24) is 0 Å². The molecule has 1 rings (SSSR count). The number of aliphatic hydroxyl groups is 1. The number of hydrogen-bond donors (Lipinski definition) is 1. The lowest BCUT2D eigenvalue weighted by Gasteiger charge is -2.12. The minimum Gasteiger partial charge on any atom is -0.466 e. The Morgan fingerprint density at radius 3 is 2.95 bits per heavy atom. The fourth-order valence-corrected chi connectivity index (χ4v) is 2.20. The van der Waals surface area contributed by atoms with E-state index in [9.17, 15) is 9.90 Å². The topological polar surface area (TPSA) is 46.5 Å². The van der Waals surface area contributed by atoms with Crippen molar-refractivity contribution in [2.24, 2.45) is 0 Å². The number of hydrogen-bond acceptors (Lipinski definition) is 3. The molecule has 1 unspecified atom stereocenters. The quantitative estimate of drug-likeness (QED) is 0.591. The van der Waals surface area contributed by atoms with Crippen LogP contribution < -0.4 is 0 Å². The standard InChI is InChI=1S/C14H18BrClO3/c1-2-3-8-19-14(18)7-6-13(17)11-9-10(15)4-5-12(11)16/h4-5,9,13,17H,2-3,6-8H2,1H3. The zero-order chi connectivity index (χ0) is 14.3. The fraction of sp³-hybridized carbons (Fsp3) is 0.500. The largest absolute Gasteiger partial charge is 0.466 e. The van der Waals surface area contributed by atoms with Crippen LogP contribution in [0.4, 0.5) is 0 Å². The molecule has 0 radical (unpaired) electrons. The van der Waals surface area contributed by atoms with E-state index in [1.54, 1.807) is 18.2 Å². The Hall–Kier alpha value is -0.580. The van der Waals surface area contributed by atoms with Gasteiger partial charge in [0.05, 0.1) is 12.7 Å². The molecule has 0 saturated heterocycles. The van der Waals surface area contributed by atoms with Crippen molar-refractivity contribution < 1.29 is 14.6 Å². The lowest BCUT2D eigenvalue weighted by Crippen LogP contribution is -2.08. The molecule has 0 aliphatic rings. The summed E-state index contributed by atoms with van der Waals surface area (Å²) in [5.41, 5.74) is 0.623. The molecule has 3 nitrogen and oxygen atoms in total. The highest BCUT2D eigenvalue weighted by Crippen LogP contribution is 2.29. The van der Waals surface area contributed by atoms with Gasteiger partial charge < -0.3 is 9.84 Å². The van der Waals surface area contributed by atoms with Gasteiger partial charge in [0, 0.05) is 21.5 Å². The number of carbonyl (C=O) groups is 1. The second-order valence-electron chi connectivity index (χ2n) is 4.29. The van der Waals surface area contributed by atoms with Crippen LogP contribution in [-0.4, -0.2) is 17.7 Å². The van der Waals surface area contributed by atoms with Crippen molar-refractivity contribution in [3.63, 3.8) is 0 Å². The first-order valence-electron chi connectivity index (χ1n) is 6.33. The molecule has 0 aromatic heterocycles. The zero-order valence-electron chi connectivity index (χ0n) is 10.9. The van der Waals surface area contributed by atoms with E-state index >= 15 is 0 Å². The van der Waals surface area contributed by atoms with Crippen LogP contribution in [0.25, 0.3) is 0 Å². The van der Waals surface area contributed by atoms with E-state index in [0.717, 1.165) is 17.3 Å². The number of ether oxygens (including phenoxy) is 1. The van der Waals surface area contributed by atoms with Crippen LogP contribution in [0.3, 0.4) is 0 Å². The van der Waals surface area contributed by atoms with Crippen LogP contribution in [0.5, 0.6) is 0 Å². The number of halogens is 2. The van der Waals surface area contributed by atoms with E-state index in [1.165, 1.54) is 0 Å². The van der Waals surface area contributed by atoms with Crippen molar-refractivity contribution in [3.05, 3.63) is 33.3 Å². The number of carbonyl (C=O) groups excluding carboxylic acids is 1. The molecule has 0 aliphatic heterocycles. The Morgan fingerprint density at radius 2 is 2.26 bits per heavy atom. The smallest absolute Gasteiger partial charge is 0.305 e. The molecule has 106 valence electrons. The summed E-state index contributed by atoms with van der Waals surface area (Å²) in [6.45, 7) is 2.48. The zero-order valence-corrected chi connectivity index (χ0v) is 13.2. The monoisotopic (exact) mass is 348 g/mol. The molecule has 0 bridgehead atoms. The van der Waals surface area contributed by atoms with Gasteiger partial charge in [0.15, 0.2) is 0 Å². The third-order valence-electron chi connectivity index (χ3n) is 2.70. The summed E-state index contributed by atoms with van der Waals surface area (Å²) in [5, 5.41) is 10.5. The van der Waals surface area contributed by atoms with Gasteiger partial charge in [-0.1, -0.05) is 40.9 Å². The Balaban J connectivity index is 2.44. The first-order valence-corrected chi connectivity index (χ1v) is 7.50. The maximum Gasteiger partial charge on any atom is 0.305 e. The maximum atomic E-state index is 11.4. The lowest BCUT2D eigenvalue weighted by molar-refractivity contribution is -0.144. The van der Waals surface area contributed by atoms with Gasteiger partial charge in [-0.2, -0.15) is 0 Å². The number of rotatable bonds is 7. The number of aliphatic hydroxyl groups excluding tert-OH is 1.